The molecule has 2 heterocycles. The fourth-order valence-corrected chi connectivity index (χ4v) is 2.58. The Morgan fingerprint density at radius 2 is 1.54 bits per heavy atom. The van der Waals surface area contributed by atoms with Crippen molar-refractivity contribution in [2.24, 2.45) is 5.92 Å². The third-order valence-corrected chi connectivity index (χ3v) is 3.37. The molecule has 2 rings (SSSR count). The first-order valence-electron chi connectivity index (χ1n) is 5.86. The van der Waals surface area contributed by atoms with Crippen molar-refractivity contribution in [1.29, 1.82) is 0 Å². The zero-order chi connectivity index (χ0) is 9.10. The summed E-state index contributed by atoms with van der Waals surface area (Å²) < 4.78 is 0. The SMILES string of the molecule is CC1CCCN(N2CCCCC2)C1. The second-order valence-electron chi connectivity index (χ2n) is 4.67. The van der Waals surface area contributed by atoms with Gasteiger partial charge >= 0.3 is 0 Å². The monoisotopic (exact) mass is 182 g/mol. The molecule has 2 heteroatoms. The Morgan fingerprint density at radius 1 is 0.846 bits per heavy atom. The lowest BCUT2D eigenvalue weighted by molar-refractivity contribution is -0.0641. The summed E-state index contributed by atoms with van der Waals surface area (Å²) in [5.74, 6) is 0.913. The molecule has 0 aromatic heterocycles. The van der Waals surface area contributed by atoms with Gasteiger partial charge in [0.05, 0.1) is 0 Å². The number of hydrazine groups is 1. The second-order valence-corrected chi connectivity index (χ2v) is 4.67. The highest BCUT2D eigenvalue weighted by Gasteiger charge is 2.22. The van der Waals surface area contributed by atoms with Crippen LogP contribution in [0.1, 0.15) is 39.0 Å². The van der Waals surface area contributed by atoms with Crippen molar-refractivity contribution >= 4 is 0 Å². The first kappa shape index (κ1) is 9.47. The largest absolute Gasteiger partial charge is 0.242 e. The molecule has 2 aliphatic heterocycles. The van der Waals surface area contributed by atoms with E-state index in [1.165, 1.54) is 58.3 Å². The van der Waals surface area contributed by atoms with E-state index in [1.807, 2.05) is 0 Å². The molecule has 2 saturated heterocycles. The van der Waals surface area contributed by atoms with Gasteiger partial charge in [0.1, 0.15) is 0 Å². The number of piperidine rings is 2. The van der Waals surface area contributed by atoms with E-state index in [1.54, 1.807) is 0 Å². The Labute approximate surface area is 81.9 Å². The lowest BCUT2D eigenvalue weighted by atomic mass is 10.0. The Hall–Kier alpha value is -0.0800. The van der Waals surface area contributed by atoms with Gasteiger partial charge in [-0.25, -0.2) is 10.0 Å². The summed E-state index contributed by atoms with van der Waals surface area (Å²) in [6.07, 6.45) is 7.09. The maximum atomic E-state index is 2.60. The predicted molar refractivity (Wildman–Crippen MR) is 55.4 cm³/mol. The summed E-state index contributed by atoms with van der Waals surface area (Å²) >= 11 is 0. The van der Waals surface area contributed by atoms with Crippen LogP contribution in [-0.2, 0) is 0 Å². The minimum Gasteiger partial charge on any atom is -0.242 e. The van der Waals surface area contributed by atoms with E-state index in [9.17, 15) is 0 Å². The van der Waals surface area contributed by atoms with Crippen molar-refractivity contribution in [3.05, 3.63) is 0 Å². The van der Waals surface area contributed by atoms with Gasteiger partial charge in [-0.05, 0) is 31.6 Å². The zero-order valence-electron chi connectivity index (χ0n) is 8.84. The van der Waals surface area contributed by atoms with E-state index in [2.05, 4.69) is 16.9 Å². The van der Waals surface area contributed by atoms with E-state index in [-0.39, 0.29) is 0 Å². The fraction of sp³-hybridized carbons (Fsp3) is 1.00. The number of nitrogens with zero attached hydrogens (tertiary/aromatic N) is 2. The van der Waals surface area contributed by atoms with Gasteiger partial charge < -0.3 is 0 Å². The standard InChI is InChI=1S/C11H22N2/c1-11-6-5-9-13(10-11)12-7-3-2-4-8-12/h11H,2-10H2,1H3. The van der Waals surface area contributed by atoms with Crippen molar-refractivity contribution in [3.63, 3.8) is 0 Å². The van der Waals surface area contributed by atoms with Gasteiger partial charge in [-0.3, -0.25) is 0 Å². The summed E-state index contributed by atoms with van der Waals surface area (Å²) in [7, 11) is 0. The van der Waals surface area contributed by atoms with Gasteiger partial charge in [0, 0.05) is 26.2 Å². The van der Waals surface area contributed by atoms with Crippen molar-refractivity contribution in [3.8, 4) is 0 Å². The van der Waals surface area contributed by atoms with E-state index >= 15 is 0 Å². The molecule has 0 radical (unpaired) electrons. The van der Waals surface area contributed by atoms with Crippen molar-refractivity contribution < 1.29 is 0 Å². The molecule has 0 spiro atoms. The molecule has 0 aliphatic carbocycles. The van der Waals surface area contributed by atoms with Crippen LogP contribution in [0.25, 0.3) is 0 Å². The summed E-state index contributed by atoms with van der Waals surface area (Å²) in [6.45, 7) is 7.62. The average Bonchev–Trinajstić information content (AvgIpc) is 2.19. The number of hydrogen-bond donors (Lipinski definition) is 0. The van der Waals surface area contributed by atoms with Gasteiger partial charge in [-0.15, -0.1) is 0 Å². The maximum absolute atomic E-state index is 2.60. The van der Waals surface area contributed by atoms with Crippen molar-refractivity contribution in [1.82, 2.24) is 10.0 Å². The van der Waals surface area contributed by atoms with Gasteiger partial charge in [-0.2, -0.15) is 0 Å². The third-order valence-electron chi connectivity index (χ3n) is 3.37. The highest BCUT2D eigenvalue weighted by molar-refractivity contribution is 4.71. The third kappa shape index (κ3) is 2.44. The fourth-order valence-electron chi connectivity index (χ4n) is 2.58. The lowest BCUT2D eigenvalue weighted by Crippen LogP contribution is -2.49. The molecule has 0 aromatic rings. The van der Waals surface area contributed by atoms with Crippen LogP contribution >= 0.6 is 0 Å². The Kier molecular flexibility index (Phi) is 3.23. The zero-order valence-corrected chi connectivity index (χ0v) is 8.84. The molecule has 0 aromatic carbocycles. The van der Waals surface area contributed by atoms with E-state index in [0.29, 0.717) is 0 Å². The van der Waals surface area contributed by atoms with Crippen LogP contribution < -0.4 is 0 Å². The molecule has 0 bridgehead atoms. The van der Waals surface area contributed by atoms with E-state index < -0.39 is 0 Å². The molecular formula is C11H22N2. The second kappa shape index (κ2) is 4.43. The van der Waals surface area contributed by atoms with Crippen LogP contribution in [0.3, 0.4) is 0 Å². The molecule has 1 atom stereocenters. The smallest absolute Gasteiger partial charge is 0.0159 e. The van der Waals surface area contributed by atoms with Gasteiger partial charge in [-0.1, -0.05) is 13.3 Å². The summed E-state index contributed by atoms with van der Waals surface area (Å²) in [6, 6.07) is 0. The number of hydrogen-bond acceptors (Lipinski definition) is 2. The topological polar surface area (TPSA) is 6.48 Å². The first-order valence-corrected chi connectivity index (χ1v) is 5.86. The van der Waals surface area contributed by atoms with Crippen LogP contribution in [0.5, 0.6) is 0 Å². The Balaban J connectivity index is 1.83. The first-order chi connectivity index (χ1) is 6.36. The predicted octanol–water partition coefficient (Wildman–Crippen LogP) is 2.12. The van der Waals surface area contributed by atoms with Crippen molar-refractivity contribution in [2.75, 3.05) is 26.2 Å². The summed E-state index contributed by atoms with van der Waals surface area (Å²) in [4.78, 5) is 0. The maximum Gasteiger partial charge on any atom is 0.0159 e. The minimum absolute atomic E-state index is 0.913. The summed E-state index contributed by atoms with van der Waals surface area (Å²) in [5.41, 5.74) is 0. The van der Waals surface area contributed by atoms with Crippen LogP contribution in [0.4, 0.5) is 0 Å². The normalized spacial score (nSPS) is 33.5. The molecule has 76 valence electrons. The summed E-state index contributed by atoms with van der Waals surface area (Å²) in [5, 5.41) is 5.20. The van der Waals surface area contributed by atoms with Crippen LogP contribution in [0, 0.1) is 5.92 Å². The van der Waals surface area contributed by atoms with Crippen LogP contribution in [-0.4, -0.2) is 36.2 Å². The number of rotatable bonds is 1. The van der Waals surface area contributed by atoms with Crippen LogP contribution in [0.2, 0.25) is 0 Å². The highest BCUT2D eigenvalue weighted by atomic mass is 15.6. The van der Waals surface area contributed by atoms with E-state index in [4.69, 9.17) is 0 Å². The quantitative estimate of drug-likeness (QED) is 0.613. The minimum atomic E-state index is 0.913. The molecular weight excluding hydrogens is 160 g/mol. The lowest BCUT2D eigenvalue weighted by Gasteiger charge is -2.41. The average molecular weight is 182 g/mol. The Morgan fingerprint density at radius 3 is 2.23 bits per heavy atom. The molecule has 2 fully saturated rings. The molecule has 0 saturated carbocycles. The van der Waals surface area contributed by atoms with Gasteiger partial charge in [0.25, 0.3) is 0 Å². The Bertz CT molecular complexity index is 152. The van der Waals surface area contributed by atoms with Gasteiger partial charge in [0.15, 0.2) is 0 Å². The van der Waals surface area contributed by atoms with Crippen LogP contribution in [0.15, 0.2) is 0 Å². The highest BCUT2D eigenvalue weighted by Crippen LogP contribution is 2.20. The molecule has 0 N–H and O–H groups in total. The molecule has 2 nitrogen and oxygen atoms in total. The molecule has 13 heavy (non-hydrogen) atoms. The molecule has 2 aliphatic rings. The van der Waals surface area contributed by atoms with Crippen molar-refractivity contribution in [2.45, 2.75) is 39.0 Å². The molecule has 0 amide bonds. The van der Waals surface area contributed by atoms with Gasteiger partial charge in [0.2, 0.25) is 0 Å². The van der Waals surface area contributed by atoms with E-state index in [0.717, 1.165) is 5.92 Å². The molecule has 1 unspecified atom stereocenters.